The number of para-hydroxylation sites is 1. The number of piperidine rings is 1. The third kappa shape index (κ3) is 3.82. The fourth-order valence-corrected chi connectivity index (χ4v) is 4.34. The number of rotatable bonds is 4. The lowest BCUT2D eigenvalue weighted by molar-refractivity contribution is 0.0468. The van der Waals surface area contributed by atoms with Crippen LogP contribution in [-0.2, 0) is 0 Å². The quantitative estimate of drug-likeness (QED) is 0.773. The summed E-state index contributed by atoms with van der Waals surface area (Å²) in [6.45, 7) is 7.54. The van der Waals surface area contributed by atoms with Crippen molar-refractivity contribution in [2.24, 2.45) is 0 Å². The fourth-order valence-electron chi connectivity index (χ4n) is 4.34. The number of hydrogen-bond donors (Lipinski definition) is 0. The molecular formula is C25H30N2O2. The molecule has 0 unspecified atom stereocenters. The highest BCUT2D eigenvalue weighted by Crippen LogP contribution is 2.43. The van der Waals surface area contributed by atoms with Gasteiger partial charge in [-0.25, -0.2) is 0 Å². The van der Waals surface area contributed by atoms with Crippen LogP contribution >= 0.6 is 0 Å². The van der Waals surface area contributed by atoms with Crippen LogP contribution < -0.4 is 4.74 Å². The third-order valence-electron chi connectivity index (χ3n) is 6.22. The molecule has 2 aromatic carbocycles. The summed E-state index contributed by atoms with van der Waals surface area (Å²) in [4.78, 5) is 16.9. The van der Waals surface area contributed by atoms with E-state index < -0.39 is 0 Å². The van der Waals surface area contributed by atoms with Crippen LogP contribution in [0, 0.1) is 0 Å². The van der Waals surface area contributed by atoms with Gasteiger partial charge < -0.3 is 14.5 Å². The topological polar surface area (TPSA) is 32.8 Å². The van der Waals surface area contributed by atoms with E-state index in [0.717, 1.165) is 61.5 Å². The van der Waals surface area contributed by atoms with Crippen LogP contribution in [0.25, 0.3) is 5.57 Å². The van der Waals surface area contributed by atoms with Gasteiger partial charge in [0, 0.05) is 50.1 Å². The summed E-state index contributed by atoms with van der Waals surface area (Å²) in [7, 11) is 2.17. The number of fused-ring (bicyclic) bond motifs is 1. The zero-order valence-electron chi connectivity index (χ0n) is 17.6. The summed E-state index contributed by atoms with van der Waals surface area (Å²) in [5.74, 6) is 1.05. The van der Waals surface area contributed by atoms with Gasteiger partial charge in [-0.1, -0.05) is 30.3 Å². The Morgan fingerprint density at radius 2 is 1.69 bits per heavy atom. The van der Waals surface area contributed by atoms with E-state index in [2.05, 4.69) is 48.4 Å². The van der Waals surface area contributed by atoms with Gasteiger partial charge in [-0.2, -0.15) is 0 Å². The van der Waals surface area contributed by atoms with E-state index in [1.807, 2.05) is 36.9 Å². The molecule has 29 heavy (non-hydrogen) atoms. The average molecular weight is 391 g/mol. The zero-order chi connectivity index (χ0) is 20.4. The van der Waals surface area contributed by atoms with E-state index in [9.17, 15) is 4.79 Å². The van der Waals surface area contributed by atoms with Crippen LogP contribution in [0.4, 0.5) is 0 Å². The van der Waals surface area contributed by atoms with Crippen molar-refractivity contribution in [1.82, 2.24) is 9.80 Å². The fraction of sp³-hybridized carbons (Fsp3) is 0.400. The van der Waals surface area contributed by atoms with E-state index in [0.29, 0.717) is 0 Å². The molecule has 2 aliphatic heterocycles. The van der Waals surface area contributed by atoms with Crippen molar-refractivity contribution in [2.75, 3.05) is 33.2 Å². The smallest absolute Gasteiger partial charge is 0.253 e. The van der Waals surface area contributed by atoms with Gasteiger partial charge in [0.15, 0.2) is 0 Å². The molecule has 0 saturated carbocycles. The number of nitrogens with zero attached hydrogens (tertiary/aromatic N) is 2. The number of carbonyl (C=O) groups is 1. The first kappa shape index (κ1) is 19.7. The summed E-state index contributed by atoms with van der Waals surface area (Å²) in [5, 5.41) is 0. The van der Waals surface area contributed by atoms with Crippen molar-refractivity contribution >= 4 is 11.5 Å². The van der Waals surface area contributed by atoms with Crippen LogP contribution in [0.3, 0.4) is 0 Å². The SMILES string of the molecule is CCN(CC)C(=O)c1ccc(C2=CC3(CCN(C)CC3)Oc3ccccc32)cc1. The van der Waals surface area contributed by atoms with E-state index in [1.165, 1.54) is 5.57 Å². The zero-order valence-corrected chi connectivity index (χ0v) is 17.6. The van der Waals surface area contributed by atoms with Crippen molar-refractivity contribution < 1.29 is 9.53 Å². The molecule has 0 N–H and O–H groups in total. The van der Waals surface area contributed by atoms with Crippen LogP contribution in [-0.4, -0.2) is 54.5 Å². The minimum absolute atomic E-state index is 0.0923. The molecular weight excluding hydrogens is 360 g/mol. The van der Waals surface area contributed by atoms with Crippen LogP contribution in [0.1, 0.15) is 48.2 Å². The van der Waals surface area contributed by atoms with Gasteiger partial charge in [0.2, 0.25) is 0 Å². The largest absolute Gasteiger partial charge is 0.482 e. The predicted molar refractivity (Wildman–Crippen MR) is 117 cm³/mol. The summed E-state index contributed by atoms with van der Waals surface area (Å²) >= 11 is 0. The number of carbonyl (C=O) groups excluding carboxylic acids is 1. The van der Waals surface area contributed by atoms with Crippen molar-refractivity contribution in [1.29, 1.82) is 0 Å². The second-order valence-corrected chi connectivity index (χ2v) is 8.08. The van der Waals surface area contributed by atoms with Gasteiger partial charge in [0.05, 0.1) is 0 Å². The van der Waals surface area contributed by atoms with Crippen LogP contribution in [0.2, 0.25) is 0 Å². The highest BCUT2D eigenvalue weighted by atomic mass is 16.5. The average Bonchev–Trinajstić information content (AvgIpc) is 2.76. The number of hydrogen-bond acceptors (Lipinski definition) is 3. The van der Waals surface area contributed by atoms with Crippen molar-refractivity contribution in [2.45, 2.75) is 32.3 Å². The normalized spacial score (nSPS) is 18.0. The number of likely N-dealkylation sites (tertiary alicyclic amines) is 1. The molecule has 1 fully saturated rings. The Morgan fingerprint density at radius 1 is 1.03 bits per heavy atom. The first-order valence-electron chi connectivity index (χ1n) is 10.6. The Balaban J connectivity index is 1.70. The molecule has 4 nitrogen and oxygen atoms in total. The van der Waals surface area contributed by atoms with Gasteiger partial charge in [-0.3, -0.25) is 4.79 Å². The number of amides is 1. The van der Waals surface area contributed by atoms with Crippen LogP contribution in [0.5, 0.6) is 5.75 Å². The maximum atomic E-state index is 12.7. The number of ether oxygens (including phenoxy) is 1. The van der Waals surface area contributed by atoms with Crippen molar-refractivity contribution in [3.05, 3.63) is 71.3 Å². The summed E-state index contributed by atoms with van der Waals surface area (Å²) in [6.07, 6.45) is 4.29. The first-order valence-corrected chi connectivity index (χ1v) is 10.6. The number of benzene rings is 2. The van der Waals surface area contributed by atoms with E-state index in [-0.39, 0.29) is 11.5 Å². The van der Waals surface area contributed by atoms with E-state index in [4.69, 9.17) is 4.74 Å². The molecule has 2 aliphatic rings. The lowest BCUT2D eigenvalue weighted by Gasteiger charge is -2.42. The molecule has 2 heterocycles. The Kier molecular flexibility index (Phi) is 5.46. The van der Waals surface area contributed by atoms with E-state index >= 15 is 0 Å². The summed E-state index contributed by atoms with van der Waals surface area (Å²) < 4.78 is 6.52. The highest BCUT2D eigenvalue weighted by Gasteiger charge is 2.38. The molecule has 4 heteroatoms. The molecule has 0 radical (unpaired) electrons. The molecule has 1 saturated heterocycles. The van der Waals surface area contributed by atoms with Crippen LogP contribution in [0.15, 0.2) is 54.6 Å². The Bertz CT molecular complexity index is 905. The molecule has 4 rings (SSSR count). The van der Waals surface area contributed by atoms with Crippen molar-refractivity contribution in [3.8, 4) is 5.75 Å². The lowest BCUT2D eigenvalue weighted by atomic mass is 9.83. The molecule has 1 amide bonds. The van der Waals surface area contributed by atoms with E-state index in [1.54, 1.807) is 0 Å². The molecule has 0 aromatic heterocycles. The minimum atomic E-state index is -0.244. The Hall–Kier alpha value is -2.59. The Morgan fingerprint density at radius 3 is 2.34 bits per heavy atom. The second-order valence-electron chi connectivity index (χ2n) is 8.08. The molecule has 2 aromatic rings. The minimum Gasteiger partial charge on any atom is -0.482 e. The maximum Gasteiger partial charge on any atom is 0.253 e. The summed E-state index contributed by atoms with van der Waals surface area (Å²) in [6, 6.07) is 16.4. The molecule has 1 spiro atoms. The first-order chi connectivity index (χ1) is 14.0. The lowest BCUT2D eigenvalue weighted by Crippen LogP contribution is -2.46. The Labute approximate surface area is 173 Å². The van der Waals surface area contributed by atoms with Gasteiger partial charge >= 0.3 is 0 Å². The second kappa shape index (κ2) is 8.03. The summed E-state index contributed by atoms with van der Waals surface area (Å²) in [5.41, 5.74) is 3.96. The van der Waals surface area contributed by atoms with Gasteiger partial charge in [0.25, 0.3) is 5.91 Å². The molecule has 0 bridgehead atoms. The molecule has 0 atom stereocenters. The standard InChI is InChI=1S/C25H30N2O2/c1-4-27(5-2)24(28)20-12-10-19(11-13-20)22-18-25(14-16-26(3)17-15-25)29-23-9-7-6-8-21(22)23/h6-13,18H,4-5,14-17H2,1-3H3. The molecule has 152 valence electrons. The van der Waals surface area contributed by atoms with Gasteiger partial charge in [-0.05, 0) is 56.3 Å². The predicted octanol–water partition coefficient (Wildman–Crippen LogP) is 4.46. The van der Waals surface area contributed by atoms with Crippen molar-refractivity contribution in [3.63, 3.8) is 0 Å². The monoisotopic (exact) mass is 390 g/mol. The van der Waals surface area contributed by atoms with Gasteiger partial charge in [-0.15, -0.1) is 0 Å². The van der Waals surface area contributed by atoms with Gasteiger partial charge in [0.1, 0.15) is 11.4 Å². The maximum absolute atomic E-state index is 12.7. The third-order valence-corrected chi connectivity index (χ3v) is 6.22. The molecule has 0 aliphatic carbocycles. The highest BCUT2D eigenvalue weighted by molar-refractivity contribution is 5.95.